The van der Waals surface area contributed by atoms with Crippen LogP contribution >= 0.6 is 0 Å². The summed E-state index contributed by atoms with van der Waals surface area (Å²) in [6.07, 6.45) is -7.45. The highest BCUT2D eigenvalue weighted by Crippen LogP contribution is 2.47. The number of alkyl halides is 6. The molecule has 0 bridgehead atoms. The third-order valence-electron chi connectivity index (χ3n) is 8.70. The van der Waals surface area contributed by atoms with Crippen LogP contribution in [-0.2, 0) is 27.5 Å². The molecule has 3 aromatic rings. The van der Waals surface area contributed by atoms with Crippen LogP contribution in [0.4, 0.5) is 30.7 Å². The Hall–Kier alpha value is -4.45. The lowest BCUT2D eigenvalue weighted by Gasteiger charge is -2.34. The molecule has 2 atom stereocenters. The molecule has 12 heteroatoms. The lowest BCUT2D eigenvalue weighted by atomic mass is 9.74. The quantitative estimate of drug-likeness (QED) is 0.0507. The number of hydrogen-bond donors (Lipinski definition) is 1. The molecule has 0 amide bonds. The number of benzene rings is 3. The molecule has 4 rings (SSSR count). The van der Waals surface area contributed by atoms with Crippen LogP contribution in [0.15, 0.2) is 72.3 Å². The molecular formula is C38H38F7NO4. The van der Waals surface area contributed by atoms with Gasteiger partial charge in [-0.1, -0.05) is 64.5 Å². The van der Waals surface area contributed by atoms with E-state index < -0.39 is 52.3 Å². The van der Waals surface area contributed by atoms with Gasteiger partial charge >= 0.3 is 18.3 Å². The number of Topliss-reactive ketones (excluding diaryl/α,β-unsaturated/α-hetero) is 1. The van der Waals surface area contributed by atoms with Gasteiger partial charge in [-0.2, -0.15) is 26.3 Å². The fourth-order valence-corrected chi connectivity index (χ4v) is 6.16. The highest BCUT2D eigenvalue weighted by Gasteiger charge is 2.39. The fraction of sp³-hybridized carbons (Fsp3) is 0.368. The summed E-state index contributed by atoms with van der Waals surface area (Å²) in [7, 11) is 0. The number of fused-ring (bicyclic) bond motifs is 1. The molecule has 0 spiro atoms. The van der Waals surface area contributed by atoms with E-state index in [-0.39, 0.29) is 59.5 Å². The first-order valence-corrected chi connectivity index (χ1v) is 16.2. The average Bonchev–Trinajstić information content (AvgIpc) is 3.02. The van der Waals surface area contributed by atoms with Crippen LogP contribution in [0.2, 0.25) is 0 Å². The Morgan fingerprint density at radius 1 is 0.960 bits per heavy atom. The molecule has 0 saturated heterocycles. The van der Waals surface area contributed by atoms with E-state index in [1.54, 1.807) is 19.1 Å². The largest absolute Gasteiger partial charge is 0.457 e. The summed E-state index contributed by atoms with van der Waals surface area (Å²) >= 11 is 0. The molecule has 0 radical (unpaired) electrons. The molecule has 268 valence electrons. The van der Waals surface area contributed by atoms with Crippen molar-refractivity contribution in [2.24, 2.45) is 5.73 Å². The van der Waals surface area contributed by atoms with Crippen molar-refractivity contribution in [3.05, 3.63) is 106 Å². The van der Waals surface area contributed by atoms with Gasteiger partial charge in [-0.05, 0) is 66.7 Å². The molecular weight excluding hydrogens is 667 g/mol. The number of esters is 1. The van der Waals surface area contributed by atoms with Gasteiger partial charge in [0.2, 0.25) is 0 Å². The summed E-state index contributed by atoms with van der Waals surface area (Å²) in [6.45, 7) is 11.3. The minimum atomic E-state index is -5.11. The minimum absolute atomic E-state index is 0.0434. The second kappa shape index (κ2) is 14.8. The lowest BCUT2D eigenvalue weighted by Crippen LogP contribution is -2.38. The number of rotatable bonds is 12. The Morgan fingerprint density at radius 3 is 2.16 bits per heavy atom. The summed E-state index contributed by atoms with van der Waals surface area (Å²) in [5.41, 5.74) is 3.71. The van der Waals surface area contributed by atoms with Gasteiger partial charge in [0.1, 0.15) is 23.1 Å². The predicted octanol–water partition coefficient (Wildman–Crippen LogP) is 10.8. The maximum atomic E-state index is 16.1. The van der Waals surface area contributed by atoms with E-state index in [2.05, 4.69) is 6.58 Å². The van der Waals surface area contributed by atoms with Crippen LogP contribution in [0.5, 0.6) is 17.2 Å². The van der Waals surface area contributed by atoms with Gasteiger partial charge in [0.15, 0.2) is 5.78 Å². The van der Waals surface area contributed by atoms with Crippen LogP contribution in [0.1, 0.15) is 100.0 Å². The Bertz CT molecular complexity index is 1790. The molecule has 3 aromatic carbocycles. The van der Waals surface area contributed by atoms with E-state index >= 15 is 4.39 Å². The number of nitrogens with two attached hydrogens (primary N) is 1. The number of unbranched alkanes of at least 4 members (excludes halogenated alkanes) is 2. The average molecular weight is 706 g/mol. The first kappa shape index (κ1) is 38.4. The summed E-state index contributed by atoms with van der Waals surface area (Å²) < 4.78 is 108. The van der Waals surface area contributed by atoms with Crippen LogP contribution < -0.4 is 15.2 Å². The first-order chi connectivity index (χ1) is 23.3. The number of para-hydroxylation sites is 1. The number of carbonyl (C=O) groups is 2. The third-order valence-corrected chi connectivity index (χ3v) is 8.70. The Balaban J connectivity index is 1.86. The van der Waals surface area contributed by atoms with Crippen molar-refractivity contribution >= 4 is 17.3 Å². The van der Waals surface area contributed by atoms with E-state index in [0.717, 1.165) is 30.5 Å². The predicted molar refractivity (Wildman–Crippen MR) is 175 cm³/mol. The van der Waals surface area contributed by atoms with E-state index in [4.69, 9.17) is 15.2 Å². The number of carbonyl (C=O) groups excluding carboxylic acids is 2. The van der Waals surface area contributed by atoms with Gasteiger partial charge in [-0.15, -0.1) is 0 Å². The standard InChI is InChI=1S/C38H38F7NO4/c1-6-8-9-11-29(32(47)7-2)34(22(4)28-13-10-12-27-21(3)16-33(48)50-35(27)28)36(5,46)30-15-14-25(20-31(30)39)49-26-18-23(37(40,41)42)17-24(19-26)38(43,44)45/h10,12-15,17-21H,4,6-9,11,16,46H2,1-3,5H3/b34-29-. The highest BCUT2D eigenvalue weighted by molar-refractivity contribution is 6.01. The Labute approximate surface area is 286 Å². The van der Waals surface area contributed by atoms with Crippen molar-refractivity contribution in [1.82, 2.24) is 0 Å². The third kappa shape index (κ3) is 8.29. The molecule has 2 N–H and O–H groups in total. The van der Waals surface area contributed by atoms with E-state index in [0.29, 0.717) is 29.7 Å². The van der Waals surface area contributed by atoms with Gasteiger partial charge in [-0.3, -0.25) is 9.59 Å². The van der Waals surface area contributed by atoms with Crippen LogP contribution in [-0.4, -0.2) is 11.8 Å². The molecule has 5 nitrogen and oxygen atoms in total. The van der Waals surface area contributed by atoms with E-state index in [9.17, 15) is 35.9 Å². The van der Waals surface area contributed by atoms with Crippen LogP contribution in [0.25, 0.3) is 5.57 Å². The Morgan fingerprint density at radius 2 is 1.60 bits per heavy atom. The van der Waals surface area contributed by atoms with E-state index in [1.807, 2.05) is 19.9 Å². The van der Waals surface area contributed by atoms with Gasteiger partial charge in [0.05, 0.1) is 23.1 Å². The minimum Gasteiger partial charge on any atom is -0.457 e. The normalized spacial score (nSPS) is 16.6. The molecule has 0 aromatic heterocycles. The number of ketones is 1. The SMILES string of the molecule is C=C(/C(=C(\CCCCC)C(=O)CC)C(C)(N)c1ccc(Oc2cc(C(F)(F)F)cc(C(F)(F)F)c2)cc1F)c1cccc2c1OC(=O)CC2C. The number of allylic oxidation sites excluding steroid dienone is 1. The van der Waals surface area contributed by atoms with Crippen molar-refractivity contribution in [1.29, 1.82) is 0 Å². The number of hydrogen-bond acceptors (Lipinski definition) is 5. The second-order valence-electron chi connectivity index (χ2n) is 12.6. The van der Waals surface area contributed by atoms with Crippen molar-refractivity contribution in [3.63, 3.8) is 0 Å². The van der Waals surface area contributed by atoms with Crippen LogP contribution in [0, 0.1) is 5.82 Å². The summed E-state index contributed by atoms with van der Waals surface area (Å²) in [6, 6.07) is 9.09. The summed E-state index contributed by atoms with van der Waals surface area (Å²) in [5.74, 6) is -2.84. The topological polar surface area (TPSA) is 78.6 Å². The number of halogens is 7. The summed E-state index contributed by atoms with van der Waals surface area (Å²) in [4.78, 5) is 26.1. The zero-order chi connectivity index (χ0) is 37.2. The van der Waals surface area contributed by atoms with Gasteiger partial charge in [0.25, 0.3) is 0 Å². The monoisotopic (exact) mass is 705 g/mol. The highest BCUT2D eigenvalue weighted by atomic mass is 19.4. The lowest BCUT2D eigenvalue weighted by molar-refractivity contribution is -0.143. The van der Waals surface area contributed by atoms with Gasteiger partial charge in [0, 0.05) is 29.2 Å². The summed E-state index contributed by atoms with van der Waals surface area (Å²) in [5, 5.41) is 0. The van der Waals surface area contributed by atoms with Crippen LogP contribution in [0.3, 0.4) is 0 Å². The van der Waals surface area contributed by atoms with Crippen molar-refractivity contribution < 1.29 is 49.8 Å². The van der Waals surface area contributed by atoms with E-state index in [1.165, 1.54) is 13.0 Å². The molecule has 0 aliphatic carbocycles. The van der Waals surface area contributed by atoms with Gasteiger partial charge < -0.3 is 15.2 Å². The zero-order valence-corrected chi connectivity index (χ0v) is 28.1. The molecule has 1 aliphatic rings. The molecule has 0 saturated carbocycles. The second-order valence-corrected chi connectivity index (χ2v) is 12.6. The molecule has 0 fully saturated rings. The fourth-order valence-electron chi connectivity index (χ4n) is 6.16. The first-order valence-electron chi connectivity index (χ1n) is 16.2. The number of ether oxygens (including phenoxy) is 2. The van der Waals surface area contributed by atoms with Crippen molar-refractivity contribution in [2.45, 2.75) is 90.0 Å². The van der Waals surface area contributed by atoms with Crippen molar-refractivity contribution in [3.8, 4) is 17.2 Å². The zero-order valence-electron chi connectivity index (χ0n) is 28.1. The maximum Gasteiger partial charge on any atom is 0.416 e. The molecule has 1 aliphatic heterocycles. The molecule has 1 heterocycles. The van der Waals surface area contributed by atoms with Crippen molar-refractivity contribution in [2.75, 3.05) is 0 Å². The molecule has 2 unspecified atom stereocenters. The smallest absolute Gasteiger partial charge is 0.416 e. The maximum absolute atomic E-state index is 16.1. The van der Waals surface area contributed by atoms with Gasteiger partial charge in [-0.25, -0.2) is 4.39 Å². The Kier molecular flexibility index (Phi) is 11.4. The molecule has 50 heavy (non-hydrogen) atoms.